The summed E-state index contributed by atoms with van der Waals surface area (Å²) in [5.41, 5.74) is 0.858. The quantitative estimate of drug-likeness (QED) is 0.895. The lowest BCUT2D eigenvalue weighted by molar-refractivity contribution is -0.142. The number of carboxylic acids is 1. The van der Waals surface area contributed by atoms with Gasteiger partial charge in [-0.25, -0.2) is 9.97 Å². The SMILES string of the molecule is O=C(N[C@H]1C[C@@H](C(=O)O)[C@@H]2C[C@@H]21)c1ccc2cccnc2n1. The van der Waals surface area contributed by atoms with E-state index in [0.717, 1.165) is 11.8 Å². The van der Waals surface area contributed by atoms with E-state index in [0.29, 0.717) is 23.7 Å². The molecule has 4 rings (SSSR count). The molecule has 0 aromatic carbocycles. The van der Waals surface area contributed by atoms with Crippen molar-refractivity contribution in [3.8, 4) is 0 Å². The number of amides is 1. The van der Waals surface area contributed by atoms with Gasteiger partial charge in [-0.3, -0.25) is 9.59 Å². The van der Waals surface area contributed by atoms with Crippen LogP contribution in [0, 0.1) is 17.8 Å². The van der Waals surface area contributed by atoms with E-state index >= 15 is 0 Å². The normalized spacial score (nSPS) is 29.1. The van der Waals surface area contributed by atoms with Crippen molar-refractivity contribution in [2.24, 2.45) is 17.8 Å². The zero-order valence-electron chi connectivity index (χ0n) is 11.8. The molecule has 22 heavy (non-hydrogen) atoms. The summed E-state index contributed by atoms with van der Waals surface area (Å²) in [6.45, 7) is 0. The van der Waals surface area contributed by atoms with Crippen LogP contribution in [-0.2, 0) is 4.79 Å². The van der Waals surface area contributed by atoms with E-state index in [-0.39, 0.29) is 23.8 Å². The zero-order chi connectivity index (χ0) is 15.3. The maximum absolute atomic E-state index is 12.3. The number of hydrogen-bond donors (Lipinski definition) is 2. The standard InChI is InChI=1S/C16H15N3O3/c20-15(12-4-3-8-2-1-5-17-14(8)18-12)19-13-7-11(16(21)22)9-6-10(9)13/h1-5,9-11,13H,6-7H2,(H,19,20)(H,21,22)/t9-,10+,11-,13+/m1/s1. The number of carbonyl (C=O) groups excluding carboxylic acids is 1. The van der Waals surface area contributed by atoms with Gasteiger partial charge in [-0.2, -0.15) is 0 Å². The molecule has 2 fully saturated rings. The van der Waals surface area contributed by atoms with Crippen molar-refractivity contribution in [1.29, 1.82) is 0 Å². The van der Waals surface area contributed by atoms with Crippen LogP contribution in [0.5, 0.6) is 0 Å². The Kier molecular flexibility index (Phi) is 2.85. The Morgan fingerprint density at radius 3 is 2.82 bits per heavy atom. The molecule has 2 N–H and O–H groups in total. The minimum absolute atomic E-state index is 0.0557. The zero-order valence-corrected chi connectivity index (χ0v) is 11.8. The van der Waals surface area contributed by atoms with Crippen LogP contribution in [0.3, 0.4) is 0 Å². The first-order valence-corrected chi connectivity index (χ1v) is 7.39. The van der Waals surface area contributed by atoms with E-state index in [4.69, 9.17) is 5.11 Å². The van der Waals surface area contributed by atoms with Gasteiger partial charge in [0.05, 0.1) is 5.92 Å². The molecule has 2 aliphatic carbocycles. The van der Waals surface area contributed by atoms with E-state index in [2.05, 4.69) is 15.3 Å². The maximum atomic E-state index is 12.3. The Morgan fingerprint density at radius 2 is 2.05 bits per heavy atom. The lowest BCUT2D eigenvalue weighted by Crippen LogP contribution is -2.36. The van der Waals surface area contributed by atoms with E-state index in [1.54, 1.807) is 12.3 Å². The fraction of sp³-hybridized carbons (Fsp3) is 0.375. The van der Waals surface area contributed by atoms with Crippen molar-refractivity contribution < 1.29 is 14.7 Å². The number of carboxylic acid groups (broad SMARTS) is 1. The Balaban J connectivity index is 1.51. The van der Waals surface area contributed by atoms with Crippen LogP contribution in [0.25, 0.3) is 11.0 Å². The van der Waals surface area contributed by atoms with Gasteiger partial charge in [-0.1, -0.05) is 0 Å². The maximum Gasteiger partial charge on any atom is 0.306 e. The number of fused-ring (bicyclic) bond motifs is 2. The van der Waals surface area contributed by atoms with Crippen LogP contribution >= 0.6 is 0 Å². The summed E-state index contributed by atoms with van der Waals surface area (Å²) in [6.07, 6.45) is 3.05. The van der Waals surface area contributed by atoms with Crippen LogP contribution in [-0.4, -0.2) is 33.0 Å². The van der Waals surface area contributed by atoms with Gasteiger partial charge in [-0.15, -0.1) is 0 Å². The summed E-state index contributed by atoms with van der Waals surface area (Å²) >= 11 is 0. The molecule has 0 unspecified atom stereocenters. The topological polar surface area (TPSA) is 92.2 Å². The second-order valence-electron chi connectivity index (χ2n) is 6.07. The van der Waals surface area contributed by atoms with Crippen LogP contribution in [0.15, 0.2) is 30.5 Å². The van der Waals surface area contributed by atoms with Crippen LogP contribution in [0.4, 0.5) is 0 Å². The van der Waals surface area contributed by atoms with Crippen molar-refractivity contribution in [1.82, 2.24) is 15.3 Å². The highest BCUT2D eigenvalue weighted by Crippen LogP contribution is 2.55. The molecule has 0 saturated heterocycles. The lowest BCUT2D eigenvalue weighted by Gasteiger charge is -2.15. The molecule has 2 heterocycles. The van der Waals surface area contributed by atoms with Crippen molar-refractivity contribution in [2.75, 3.05) is 0 Å². The van der Waals surface area contributed by atoms with Gasteiger partial charge >= 0.3 is 5.97 Å². The number of pyridine rings is 2. The predicted molar refractivity (Wildman–Crippen MR) is 78.1 cm³/mol. The molecule has 0 radical (unpaired) electrons. The van der Waals surface area contributed by atoms with E-state index < -0.39 is 5.97 Å². The molecule has 6 heteroatoms. The first-order chi connectivity index (χ1) is 10.6. The summed E-state index contributed by atoms with van der Waals surface area (Å²) in [6, 6.07) is 7.15. The molecule has 0 spiro atoms. The Morgan fingerprint density at radius 1 is 1.18 bits per heavy atom. The van der Waals surface area contributed by atoms with Gasteiger partial charge in [0, 0.05) is 17.6 Å². The number of hydrogen-bond acceptors (Lipinski definition) is 4. The van der Waals surface area contributed by atoms with Crippen LogP contribution in [0.2, 0.25) is 0 Å². The summed E-state index contributed by atoms with van der Waals surface area (Å²) in [4.78, 5) is 31.9. The highest BCUT2D eigenvalue weighted by atomic mass is 16.4. The monoisotopic (exact) mass is 297 g/mol. The predicted octanol–water partition coefficient (Wildman–Crippen LogP) is 1.47. The highest BCUT2D eigenvalue weighted by molar-refractivity contribution is 5.94. The van der Waals surface area contributed by atoms with Gasteiger partial charge in [0.2, 0.25) is 0 Å². The number of nitrogens with one attached hydrogen (secondary N) is 1. The average Bonchev–Trinajstić information content (AvgIpc) is 3.23. The molecule has 2 aromatic heterocycles. The smallest absolute Gasteiger partial charge is 0.306 e. The minimum Gasteiger partial charge on any atom is -0.481 e. The molecular weight excluding hydrogens is 282 g/mol. The summed E-state index contributed by atoms with van der Waals surface area (Å²) < 4.78 is 0. The third-order valence-corrected chi connectivity index (χ3v) is 4.76. The first-order valence-electron chi connectivity index (χ1n) is 7.39. The van der Waals surface area contributed by atoms with E-state index in [9.17, 15) is 9.59 Å². The first kappa shape index (κ1) is 13.2. The second-order valence-corrected chi connectivity index (χ2v) is 6.07. The Labute approximate surface area is 126 Å². The third-order valence-electron chi connectivity index (χ3n) is 4.76. The number of aromatic nitrogens is 2. The minimum atomic E-state index is -0.753. The molecule has 2 aliphatic rings. The molecule has 2 saturated carbocycles. The van der Waals surface area contributed by atoms with Gasteiger partial charge in [0.1, 0.15) is 5.69 Å². The van der Waals surface area contributed by atoms with Crippen LogP contribution < -0.4 is 5.32 Å². The number of carbonyl (C=O) groups is 2. The van der Waals surface area contributed by atoms with Gasteiger partial charge in [-0.05, 0) is 48.9 Å². The lowest BCUT2D eigenvalue weighted by atomic mass is 10.0. The number of nitrogens with zero attached hydrogens (tertiary/aromatic N) is 2. The molecule has 6 nitrogen and oxygen atoms in total. The molecule has 112 valence electrons. The average molecular weight is 297 g/mol. The molecule has 4 atom stereocenters. The van der Waals surface area contributed by atoms with Gasteiger partial charge < -0.3 is 10.4 Å². The highest BCUT2D eigenvalue weighted by Gasteiger charge is 2.57. The Bertz CT molecular complexity index is 776. The summed E-state index contributed by atoms with van der Waals surface area (Å²) in [7, 11) is 0. The fourth-order valence-corrected chi connectivity index (χ4v) is 3.56. The summed E-state index contributed by atoms with van der Waals surface area (Å²) in [5.74, 6) is -0.786. The molecule has 0 aliphatic heterocycles. The Hall–Kier alpha value is -2.50. The largest absolute Gasteiger partial charge is 0.481 e. The number of aliphatic carboxylic acids is 1. The van der Waals surface area contributed by atoms with E-state index in [1.807, 2.05) is 18.2 Å². The van der Waals surface area contributed by atoms with Crippen molar-refractivity contribution in [2.45, 2.75) is 18.9 Å². The molecular formula is C16H15N3O3. The fourth-order valence-electron chi connectivity index (χ4n) is 3.56. The third kappa shape index (κ3) is 2.11. The van der Waals surface area contributed by atoms with Gasteiger partial charge in [0.15, 0.2) is 5.65 Å². The molecule has 1 amide bonds. The van der Waals surface area contributed by atoms with E-state index in [1.165, 1.54) is 0 Å². The van der Waals surface area contributed by atoms with Crippen molar-refractivity contribution in [3.63, 3.8) is 0 Å². The molecule has 2 aromatic rings. The second kappa shape index (κ2) is 4.76. The molecule has 0 bridgehead atoms. The van der Waals surface area contributed by atoms with Crippen molar-refractivity contribution in [3.05, 3.63) is 36.2 Å². The van der Waals surface area contributed by atoms with Crippen molar-refractivity contribution >= 4 is 22.9 Å². The number of rotatable bonds is 3. The summed E-state index contributed by atoms with van der Waals surface area (Å²) in [5, 5.41) is 13.0. The van der Waals surface area contributed by atoms with Gasteiger partial charge in [0.25, 0.3) is 5.91 Å². The van der Waals surface area contributed by atoms with Crippen LogP contribution in [0.1, 0.15) is 23.3 Å².